The number of sulfone groups is 1. The average molecular weight is 342 g/mol. The first kappa shape index (κ1) is 16.7. The molecule has 0 aromatic carbocycles. The summed E-state index contributed by atoms with van der Waals surface area (Å²) in [5.41, 5.74) is -0.946. The molecule has 3 rings (SSSR count). The maximum absolute atomic E-state index is 12.6. The summed E-state index contributed by atoms with van der Waals surface area (Å²) in [7, 11) is -3.03. The molecule has 2 aliphatic carbocycles. The van der Waals surface area contributed by atoms with Crippen molar-refractivity contribution in [3.05, 3.63) is 0 Å². The summed E-state index contributed by atoms with van der Waals surface area (Å²) in [4.78, 5) is 25.0. The third kappa shape index (κ3) is 3.87. The molecule has 3 fully saturated rings. The Kier molecular flexibility index (Phi) is 4.67. The minimum Gasteiger partial charge on any atom is -0.352 e. The lowest BCUT2D eigenvalue weighted by Gasteiger charge is -2.22. The van der Waals surface area contributed by atoms with Crippen molar-refractivity contribution in [1.82, 2.24) is 10.6 Å². The molecule has 6 nitrogen and oxygen atoms in total. The fourth-order valence-electron chi connectivity index (χ4n) is 3.66. The van der Waals surface area contributed by atoms with Gasteiger partial charge in [0.25, 0.3) is 0 Å². The Morgan fingerprint density at radius 3 is 1.87 bits per heavy atom. The molecular formula is C16H26N2O4S. The molecule has 2 amide bonds. The summed E-state index contributed by atoms with van der Waals surface area (Å²) in [6.45, 7) is 0. The van der Waals surface area contributed by atoms with Gasteiger partial charge in [-0.05, 0) is 32.1 Å². The van der Waals surface area contributed by atoms with E-state index in [9.17, 15) is 18.0 Å². The van der Waals surface area contributed by atoms with Crippen molar-refractivity contribution in [1.29, 1.82) is 0 Å². The van der Waals surface area contributed by atoms with Crippen LogP contribution in [-0.4, -0.2) is 43.8 Å². The van der Waals surface area contributed by atoms with Crippen molar-refractivity contribution in [2.24, 2.45) is 5.41 Å². The molecule has 7 heteroatoms. The van der Waals surface area contributed by atoms with Gasteiger partial charge in [0.05, 0.1) is 11.5 Å². The Hall–Kier alpha value is -1.11. The van der Waals surface area contributed by atoms with Crippen LogP contribution in [0.4, 0.5) is 0 Å². The molecular weight excluding hydrogens is 316 g/mol. The third-order valence-electron chi connectivity index (χ3n) is 5.38. The average Bonchev–Trinajstić information content (AvgIpc) is 3.26. The normalized spacial score (nSPS) is 29.5. The van der Waals surface area contributed by atoms with Gasteiger partial charge >= 0.3 is 0 Å². The number of rotatable bonds is 4. The van der Waals surface area contributed by atoms with Crippen LogP contribution in [0.5, 0.6) is 0 Å². The Morgan fingerprint density at radius 1 is 0.826 bits per heavy atom. The van der Waals surface area contributed by atoms with E-state index in [4.69, 9.17) is 0 Å². The molecule has 0 aromatic rings. The molecule has 0 bridgehead atoms. The van der Waals surface area contributed by atoms with Gasteiger partial charge in [0.15, 0.2) is 9.84 Å². The molecule has 2 N–H and O–H groups in total. The van der Waals surface area contributed by atoms with E-state index < -0.39 is 15.3 Å². The van der Waals surface area contributed by atoms with E-state index in [1.165, 1.54) is 12.8 Å². The fourth-order valence-corrected chi connectivity index (χ4v) is 5.34. The summed E-state index contributed by atoms with van der Waals surface area (Å²) < 4.78 is 23.0. The first-order valence-electron chi connectivity index (χ1n) is 8.74. The molecule has 1 heterocycles. The van der Waals surface area contributed by atoms with Gasteiger partial charge in [-0.2, -0.15) is 0 Å². The predicted molar refractivity (Wildman–Crippen MR) is 86.5 cm³/mol. The molecule has 0 spiro atoms. The monoisotopic (exact) mass is 342 g/mol. The van der Waals surface area contributed by atoms with Crippen LogP contribution in [-0.2, 0) is 19.4 Å². The van der Waals surface area contributed by atoms with Crippen LogP contribution in [0.15, 0.2) is 0 Å². The number of hydrogen-bond donors (Lipinski definition) is 2. The van der Waals surface area contributed by atoms with E-state index >= 15 is 0 Å². The van der Waals surface area contributed by atoms with Crippen LogP contribution in [0.25, 0.3) is 0 Å². The number of hydrogen-bond acceptors (Lipinski definition) is 4. The van der Waals surface area contributed by atoms with Crippen molar-refractivity contribution < 1.29 is 18.0 Å². The molecule has 0 aromatic heterocycles. The maximum atomic E-state index is 12.6. The van der Waals surface area contributed by atoms with Gasteiger partial charge < -0.3 is 10.6 Å². The van der Waals surface area contributed by atoms with Crippen molar-refractivity contribution in [3.63, 3.8) is 0 Å². The standard InChI is InChI=1S/C16H26N2O4S/c19-14(17-12-5-3-1-2-4-6-12)16(8-9-16)15(20)18-13-7-10-23(21,22)11-13/h12-13H,1-11H2,(H,17,19)(H,18,20). The largest absolute Gasteiger partial charge is 0.352 e. The van der Waals surface area contributed by atoms with Gasteiger partial charge in [0, 0.05) is 12.1 Å². The number of carbonyl (C=O) groups is 2. The van der Waals surface area contributed by atoms with Crippen molar-refractivity contribution in [2.75, 3.05) is 11.5 Å². The zero-order chi connectivity index (χ0) is 16.5. The molecule has 1 saturated heterocycles. The second-order valence-electron chi connectivity index (χ2n) is 7.32. The Morgan fingerprint density at radius 2 is 1.39 bits per heavy atom. The highest BCUT2D eigenvalue weighted by molar-refractivity contribution is 7.91. The number of amides is 2. The first-order chi connectivity index (χ1) is 10.9. The molecule has 1 unspecified atom stereocenters. The van der Waals surface area contributed by atoms with Crippen molar-refractivity contribution >= 4 is 21.7 Å². The Bertz CT molecular complexity index is 575. The highest BCUT2D eigenvalue weighted by atomic mass is 32.2. The van der Waals surface area contributed by atoms with Gasteiger partial charge in [-0.1, -0.05) is 25.7 Å². The number of nitrogens with one attached hydrogen (secondary N) is 2. The van der Waals surface area contributed by atoms with Gasteiger partial charge in [0.2, 0.25) is 11.8 Å². The highest BCUT2D eigenvalue weighted by Gasteiger charge is 2.57. The smallest absolute Gasteiger partial charge is 0.235 e. The zero-order valence-electron chi connectivity index (χ0n) is 13.5. The molecule has 1 aliphatic heterocycles. The molecule has 1 atom stereocenters. The van der Waals surface area contributed by atoms with Gasteiger partial charge in [-0.25, -0.2) is 8.42 Å². The van der Waals surface area contributed by atoms with E-state index in [0.717, 1.165) is 25.7 Å². The summed E-state index contributed by atoms with van der Waals surface area (Å²) in [6, 6.07) is -0.155. The third-order valence-corrected chi connectivity index (χ3v) is 7.15. The van der Waals surface area contributed by atoms with Crippen LogP contribution in [0, 0.1) is 5.41 Å². The fraction of sp³-hybridized carbons (Fsp3) is 0.875. The lowest BCUT2D eigenvalue weighted by molar-refractivity contribution is -0.138. The van der Waals surface area contributed by atoms with Crippen LogP contribution in [0.1, 0.15) is 57.8 Å². The molecule has 3 aliphatic rings. The molecule has 130 valence electrons. The Labute approximate surface area is 137 Å². The summed E-state index contributed by atoms with van der Waals surface area (Å²) >= 11 is 0. The lowest BCUT2D eigenvalue weighted by atomic mass is 10.0. The number of carbonyl (C=O) groups excluding carboxylic acids is 2. The van der Waals surface area contributed by atoms with Gasteiger partial charge in [-0.3, -0.25) is 9.59 Å². The maximum Gasteiger partial charge on any atom is 0.235 e. The molecule has 2 saturated carbocycles. The van der Waals surface area contributed by atoms with Crippen LogP contribution in [0.3, 0.4) is 0 Å². The van der Waals surface area contributed by atoms with Crippen LogP contribution >= 0.6 is 0 Å². The van der Waals surface area contributed by atoms with E-state index in [1.807, 2.05) is 0 Å². The van der Waals surface area contributed by atoms with Crippen molar-refractivity contribution in [2.45, 2.75) is 69.9 Å². The predicted octanol–water partition coefficient (Wildman–Crippen LogP) is 0.909. The van der Waals surface area contributed by atoms with Gasteiger partial charge in [0.1, 0.15) is 5.41 Å². The van der Waals surface area contributed by atoms with Crippen LogP contribution < -0.4 is 10.6 Å². The van der Waals surface area contributed by atoms with Gasteiger partial charge in [-0.15, -0.1) is 0 Å². The lowest BCUT2D eigenvalue weighted by Crippen LogP contribution is -2.49. The quantitative estimate of drug-likeness (QED) is 0.587. The second kappa shape index (κ2) is 6.42. The summed E-state index contributed by atoms with van der Waals surface area (Å²) in [5.74, 6) is -0.327. The second-order valence-corrected chi connectivity index (χ2v) is 9.55. The summed E-state index contributed by atoms with van der Waals surface area (Å²) in [5, 5.41) is 5.85. The summed E-state index contributed by atoms with van der Waals surface area (Å²) in [6.07, 6.45) is 8.26. The van der Waals surface area contributed by atoms with E-state index in [-0.39, 0.29) is 35.4 Å². The SMILES string of the molecule is O=C(NC1CCCCCC1)C1(C(=O)NC2CCS(=O)(=O)C2)CC1. The minimum atomic E-state index is -3.03. The minimum absolute atomic E-state index is 0.000929. The van der Waals surface area contributed by atoms with Crippen LogP contribution in [0.2, 0.25) is 0 Å². The highest BCUT2D eigenvalue weighted by Crippen LogP contribution is 2.46. The Balaban J connectivity index is 1.55. The van der Waals surface area contributed by atoms with E-state index in [0.29, 0.717) is 19.3 Å². The molecule has 23 heavy (non-hydrogen) atoms. The van der Waals surface area contributed by atoms with E-state index in [2.05, 4.69) is 10.6 Å². The zero-order valence-corrected chi connectivity index (χ0v) is 14.3. The molecule has 0 radical (unpaired) electrons. The first-order valence-corrected chi connectivity index (χ1v) is 10.6. The topological polar surface area (TPSA) is 92.3 Å². The van der Waals surface area contributed by atoms with E-state index in [1.54, 1.807) is 0 Å². The van der Waals surface area contributed by atoms with Crippen molar-refractivity contribution in [3.8, 4) is 0 Å².